The van der Waals surface area contributed by atoms with Crippen molar-refractivity contribution in [2.75, 3.05) is 12.4 Å². The number of hydrogen-bond donors (Lipinski definition) is 1. The van der Waals surface area contributed by atoms with Gasteiger partial charge in [-0.1, -0.05) is 30.3 Å². The number of ether oxygens (including phenoxy) is 1. The molecular formula is C17H19NO2. The summed E-state index contributed by atoms with van der Waals surface area (Å²) in [6.07, 6.45) is 0. The van der Waals surface area contributed by atoms with E-state index in [0.717, 1.165) is 5.69 Å². The fourth-order valence-electron chi connectivity index (χ4n) is 2.09. The second-order valence-electron chi connectivity index (χ2n) is 4.75. The van der Waals surface area contributed by atoms with E-state index in [9.17, 15) is 4.79 Å². The first-order valence-corrected chi connectivity index (χ1v) is 6.62. The van der Waals surface area contributed by atoms with Gasteiger partial charge in [-0.3, -0.25) is 4.79 Å². The van der Waals surface area contributed by atoms with Crippen molar-refractivity contribution in [3.8, 4) is 5.75 Å². The van der Waals surface area contributed by atoms with Crippen molar-refractivity contribution in [3.63, 3.8) is 0 Å². The van der Waals surface area contributed by atoms with Crippen molar-refractivity contribution in [2.24, 2.45) is 0 Å². The van der Waals surface area contributed by atoms with Crippen LogP contribution in [-0.2, 0) is 0 Å². The molecule has 104 valence electrons. The second-order valence-corrected chi connectivity index (χ2v) is 4.75. The Hall–Kier alpha value is -2.29. The van der Waals surface area contributed by atoms with Crippen molar-refractivity contribution in [2.45, 2.75) is 19.9 Å². The molecule has 1 unspecified atom stereocenters. The lowest BCUT2D eigenvalue weighted by atomic mass is 10.1. The summed E-state index contributed by atoms with van der Waals surface area (Å²) in [4.78, 5) is 11.4. The number of rotatable bonds is 5. The van der Waals surface area contributed by atoms with Crippen molar-refractivity contribution >= 4 is 11.5 Å². The van der Waals surface area contributed by atoms with Gasteiger partial charge in [0.05, 0.1) is 12.8 Å². The van der Waals surface area contributed by atoms with E-state index in [1.54, 1.807) is 20.1 Å². The zero-order chi connectivity index (χ0) is 14.5. The van der Waals surface area contributed by atoms with Crippen LogP contribution in [0.3, 0.4) is 0 Å². The Balaban J connectivity index is 2.23. The van der Waals surface area contributed by atoms with Crippen LogP contribution in [0.2, 0.25) is 0 Å². The molecule has 0 aromatic heterocycles. The van der Waals surface area contributed by atoms with Gasteiger partial charge in [-0.25, -0.2) is 0 Å². The molecule has 0 spiro atoms. The zero-order valence-corrected chi connectivity index (χ0v) is 12.0. The molecule has 0 amide bonds. The lowest BCUT2D eigenvalue weighted by Crippen LogP contribution is -2.08. The van der Waals surface area contributed by atoms with Gasteiger partial charge in [0, 0.05) is 11.6 Å². The van der Waals surface area contributed by atoms with E-state index in [4.69, 9.17) is 4.74 Å². The average molecular weight is 269 g/mol. The third-order valence-corrected chi connectivity index (χ3v) is 3.28. The van der Waals surface area contributed by atoms with Crippen LogP contribution in [0.15, 0.2) is 48.5 Å². The number of benzene rings is 2. The molecule has 2 aromatic rings. The number of carbonyl (C=O) groups is 1. The van der Waals surface area contributed by atoms with Crippen LogP contribution >= 0.6 is 0 Å². The molecule has 0 radical (unpaired) electrons. The van der Waals surface area contributed by atoms with E-state index in [1.807, 2.05) is 30.3 Å². The van der Waals surface area contributed by atoms with Gasteiger partial charge in [0.15, 0.2) is 5.78 Å². The smallest absolute Gasteiger partial charge is 0.159 e. The van der Waals surface area contributed by atoms with E-state index in [2.05, 4.69) is 24.4 Å². The zero-order valence-electron chi connectivity index (χ0n) is 12.0. The minimum atomic E-state index is 0.0333. The minimum absolute atomic E-state index is 0.0333. The number of Topliss-reactive ketones (excluding diaryl/α,β-unsaturated/α-hetero) is 1. The van der Waals surface area contributed by atoms with Gasteiger partial charge in [0.2, 0.25) is 0 Å². The van der Waals surface area contributed by atoms with Crippen molar-refractivity contribution < 1.29 is 9.53 Å². The summed E-state index contributed by atoms with van der Waals surface area (Å²) in [5.74, 6) is 0.714. The Kier molecular flexibility index (Phi) is 4.41. The lowest BCUT2D eigenvalue weighted by Gasteiger charge is -2.18. The summed E-state index contributed by atoms with van der Waals surface area (Å²) < 4.78 is 5.36. The topological polar surface area (TPSA) is 38.3 Å². The monoisotopic (exact) mass is 269 g/mol. The van der Waals surface area contributed by atoms with Gasteiger partial charge < -0.3 is 10.1 Å². The third kappa shape index (κ3) is 3.18. The van der Waals surface area contributed by atoms with Crippen LogP contribution in [0.4, 0.5) is 5.69 Å². The maximum absolute atomic E-state index is 11.4. The van der Waals surface area contributed by atoms with E-state index >= 15 is 0 Å². The normalized spacial score (nSPS) is 11.8. The van der Waals surface area contributed by atoms with Crippen molar-refractivity contribution in [1.82, 2.24) is 0 Å². The first-order valence-electron chi connectivity index (χ1n) is 6.62. The van der Waals surface area contributed by atoms with Crippen LogP contribution in [-0.4, -0.2) is 12.9 Å². The molecule has 0 saturated carbocycles. The largest absolute Gasteiger partial charge is 0.495 e. The minimum Gasteiger partial charge on any atom is -0.495 e. The molecule has 0 aliphatic carbocycles. The summed E-state index contributed by atoms with van der Waals surface area (Å²) in [5, 5.41) is 3.41. The molecule has 0 heterocycles. The number of methoxy groups -OCH3 is 1. The Morgan fingerprint density at radius 2 is 1.85 bits per heavy atom. The maximum Gasteiger partial charge on any atom is 0.159 e. The predicted molar refractivity (Wildman–Crippen MR) is 81.5 cm³/mol. The van der Waals surface area contributed by atoms with E-state index in [-0.39, 0.29) is 11.8 Å². The molecule has 0 aliphatic rings. The first kappa shape index (κ1) is 14.1. The molecule has 2 aromatic carbocycles. The molecule has 3 heteroatoms. The number of nitrogens with one attached hydrogen (secondary N) is 1. The molecule has 0 aliphatic heterocycles. The third-order valence-electron chi connectivity index (χ3n) is 3.28. The van der Waals surface area contributed by atoms with Crippen LogP contribution < -0.4 is 10.1 Å². The average Bonchev–Trinajstić information content (AvgIpc) is 2.48. The van der Waals surface area contributed by atoms with Gasteiger partial charge in [-0.05, 0) is 37.6 Å². The second kappa shape index (κ2) is 6.24. The van der Waals surface area contributed by atoms with Gasteiger partial charge in [0.25, 0.3) is 0 Å². The molecule has 0 bridgehead atoms. The molecule has 0 saturated heterocycles. The van der Waals surface area contributed by atoms with Crippen LogP contribution in [0, 0.1) is 0 Å². The van der Waals surface area contributed by atoms with E-state index in [0.29, 0.717) is 11.3 Å². The molecule has 1 N–H and O–H groups in total. The number of anilines is 1. The quantitative estimate of drug-likeness (QED) is 0.831. The first-order chi connectivity index (χ1) is 9.61. The molecule has 0 fully saturated rings. The Morgan fingerprint density at radius 1 is 1.15 bits per heavy atom. The Labute approximate surface area is 119 Å². The summed E-state index contributed by atoms with van der Waals surface area (Å²) in [6, 6.07) is 15.8. The van der Waals surface area contributed by atoms with Gasteiger partial charge in [-0.2, -0.15) is 0 Å². The van der Waals surface area contributed by atoms with E-state index < -0.39 is 0 Å². The van der Waals surface area contributed by atoms with Crippen molar-refractivity contribution in [1.29, 1.82) is 0 Å². The predicted octanol–water partition coefficient (Wildman–Crippen LogP) is 4.07. The highest BCUT2D eigenvalue weighted by molar-refractivity contribution is 5.95. The van der Waals surface area contributed by atoms with Gasteiger partial charge in [-0.15, -0.1) is 0 Å². The summed E-state index contributed by atoms with van der Waals surface area (Å²) in [5.41, 5.74) is 2.74. The van der Waals surface area contributed by atoms with Crippen LogP contribution in [0.1, 0.15) is 35.8 Å². The van der Waals surface area contributed by atoms with E-state index in [1.165, 1.54) is 5.56 Å². The number of hydrogen-bond acceptors (Lipinski definition) is 3. The molecule has 2 rings (SSSR count). The lowest BCUT2D eigenvalue weighted by molar-refractivity contribution is 0.101. The molecule has 20 heavy (non-hydrogen) atoms. The van der Waals surface area contributed by atoms with Crippen molar-refractivity contribution in [3.05, 3.63) is 59.7 Å². The highest BCUT2D eigenvalue weighted by Gasteiger charge is 2.10. The fourth-order valence-corrected chi connectivity index (χ4v) is 2.09. The maximum atomic E-state index is 11.4. The highest BCUT2D eigenvalue weighted by Crippen LogP contribution is 2.29. The van der Waals surface area contributed by atoms with Gasteiger partial charge >= 0.3 is 0 Å². The molecular weight excluding hydrogens is 250 g/mol. The number of ketones is 1. The van der Waals surface area contributed by atoms with Crippen LogP contribution in [0.25, 0.3) is 0 Å². The highest BCUT2D eigenvalue weighted by atomic mass is 16.5. The molecule has 3 nitrogen and oxygen atoms in total. The SMILES string of the molecule is COc1cc(C(C)=O)ccc1NC(C)c1ccccc1. The Bertz CT molecular complexity index is 593. The van der Waals surface area contributed by atoms with Crippen LogP contribution in [0.5, 0.6) is 5.75 Å². The summed E-state index contributed by atoms with van der Waals surface area (Å²) in [7, 11) is 1.61. The van der Waals surface area contributed by atoms with Gasteiger partial charge in [0.1, 0.15) is 5.75 Å². The summed E-state index contributed by atoms with van der Waals surface area (Å²) in [6.45, 7) is 3.64. The Morgan fingerprint density at radius 3 is 2.45 bits per heavy atom. The standard InChI is InChI=1S/C17H19NO2/c1-12(14-7-5-4-6-8-14)18-16-10-9-15(13(2)19)11-17(16)20-3/h4-12,18H,1-3H3. The molecule has 1 atom stereocenters. The number of carbonyl (C=O) groups excluding carboxylic acids is 1. The fraction of sp³-hybridized carbons (Fsp3) is 0.235. The summed E-state index contributed by atoms with van der Waals surface area (Å²) >= 11 is 0.